The topological polar surface area (TPSA) is 74.7 Å². The minimum Gasteiger partial charge on any atom is -0.504 e. The molecular formula is C21H25N3O3. The Labute approximate surface area is 159 Å². The van der Waals surface area contributed by atoms with Crippen molar-refractivity contribution in [1.82, 2.24) is 15.2 Å². The quantitative estimate of drug-likeness (QED) is 0.853. The third-order valence-electron chi connectivity index (χ3n) is 5.35. The number of carbonyl (C=O) groups excluding carboxylic acids is 1. The number of aromatic hydroxyl groups is 1. The molecule has 0 saturated carbocycles. The number of pyridine rings is 1. The van der Waals surface area contributed by atoms with Gasteiger partial charge in [0.1, 0.15) is 6.61 Å². The van der Waals surface area contributed by atoms with Crippen molar-refractivity contribution in [2.24, 2.45) is 5.92 Å². The van der Waals surface area contributed by atoms with Gasteiger partial charge in [0.05, 0.1) is 6.54 Å². The molecule has 4 rings (SSSR count). The van der Waals surface area contributed by atoms with Gasteiger partial charge in [0.2, 0.25) is 5.91 Å². The first-order chi connectivity index (χ1) is 13.2. The van der Waals surface area contributed by atoms with E-state index in [0.29, 0.717) is 25.4 Å². The van der Waals surface area contributed by atoms with Crippen molar-refractivity contribution in [3.63, 3.8) is 0 Å². The second-order valence-corrected chi connectivity index (χ2v) is 7.21. The van der Waals surface area contributed by atoms with Gasteiger partial charge in [-0.15, -0.1) is 0 Å². The second kappa shape index (κ2) is 7.96. The molecule has 1 aromatic heterocycles. The van der Waals surface area contributed by atoms with Gasteiger partial charge in [-0.25, -0.2) is 0 Å². The minimum absolute atomic E-state index is 0.0663. The Morgan fingerprint density at radius 3 is 3.04 bits per heavy atom. The lowest BCUT2D eigenvalue weighted by Gasteiger charge is -2.25. The summed E-state index contributed by atoms with van der Waals surface area (Å²) in [4.78, 5) is 19.1. The van der Waals surface area contributed by atoms with Gasteiger partial charge in [-0.3, -0.25) is 9.78 Å². The number of phenols is 1. The highest BCUT2D eigenvalue weighted by Gasteiger charge is 2.28. The van der Waals surface area contributed by atoms with Crippen LogP contribution in [0.1, 0.15) is 24.8 Å². The van der Waals surface area contributed by atoms with E-state index in [9.17, 15) is 9.90 Å². The molecule has 6 heteroatoms. The maximum atomic E-state index is 13.1. The van der Waals surface area contributed by atoms with Crippen molar-refractivity contribution < 1.29 is 14.6 Å². The first-order valence-corrected chi connectivity index (χ1v) is 9.61. The molecular weight excluding hydrogens is 342 g/mol. The molecule has 2 aliphatic rings. The van der Waals surface area contributed by atoms with Crippen molar-refractivity contribution in [3.8, 4) is 22.6 Å². The lowest BCUT2D eigenvalue weighted by atomic mass is 9.98. The molecule has 2 N–H and O–H groups in total. The van der Waals surface area contributed by atoms with Crippen molar-refractivity contribution in [3.05, 3.63) is 42.2 Å². The number of carbonyl (C=O) groups is 1. The van der Waals surface area contributed by atoms with Crippen LogP contribution >= 0.6 is 0 Å². The normalized spacial score (nSPS) is 20.1. The summed E-state index contributed by atoms with van der Waals surface area (Å²) in [7, 11) is 0. The van der Waals surface area contributed by atoms with Crippen molar-refractivity contribution in [2.75, 3.05) is 26.2 Å². The molecule has 3 heterocycles. The zero-order valence-electron chi connectivity index (χ0n) is 15.4. The summed E-state index contributed by atoms with van der Waals surface area (Å²) < 4.78 is 5.79. The van der Waals surface area contributed by atoms with E-state index in [1.807, 2.05) is 23.1 Å². The van der Waals surface area contributed by atoms with Gasteiger partial charge < -0.3 is 20.1 Å². The molecule has 0 radical (unpaired) electrons. The molecule has 1 fully saturated rings. The lowest BCUT2D eigenvalue weighted by Crippen LogP contribution is -2.37. The Hall–Kier alpha value is -2.60. The highest BCUT2D eigenvalue weighted by atomic mass is 16.5. The Morgan fingerprint density at radius 1 is 1.26 bits per heavy atom. The summed E-state index contributed by atoms with van der Waals surface area (Å²) in [6.07, 6.45) is 6.32. The number of benzene rings is 1. The Kier molecular flexibility index (Phi) is 5.25. The highest BCUT2D eigenvalue weighted by Crippen LogP contribution is 2.37. The van der Waals surface area contributed by atoms with Crippen LogP contribution in [0.15, 0.2) is 36.7 Å². The third kappa shape index (κ3) is 3.90. The first-order valence-electron chi connectivity index (χ1n) is 9.61. The van der Waals surface area contributed by atoms with Crippen LogP contribution in [-0.4, -0.2) is 47.1 Å². The molecule has 6 nitrogen and oxygen atoms in total. The molecule has 0 aliphatic carbocycles. The van der Waals surface area contributed by atoms with E-state index in [-0.39, 0.29) is 17.6 Å². The number of phenolic OH excluding ortho intramolecular Hbond substituents is 1. The van der Waals surface area contributed by atoms with Gasteiger partial charge in [0, 0.05) is 36.0 Å². The zero-order valence-corrected chi connectivity index (χ0v) is 15.4. The van der Waals surface area contributed by atoms with E-state index in [2.05, 4.69) is 10.3 Å². The predicted octanol–water partition coefficient (Wildman–Crippen LogP) is 2.56. The van der Waals surface area contributed by atoms with Gasteiger partial charge in [-0.2, -0.15) is 0 Å². The summed E-state index contributed by atoms with van der Waals surface area (Å²) in [5.74, 6) is 0.859. The molecule has 2 aromatic rings. The van der Waals surface area contributed by atoms with Crippen LogP contribution in [0.5, 0.6) is 11.5 Å². The van der Waals surface area contributed by atoms with E-state index in [1.165, 1.54) is 0 Å². The maximum Gasteiger partial charge on any atom is 0.226 e. The van der Waals surface area contributed by atoms with Crippen molar-refractivity contribution in [1.29, 1.82) is 0 Å². The summed E-state index contributed by atoms with van der Waals surface area (Å²) >= 11 is 0. The van der Waals surface area contributed by atoms with Crippen molar-refractivity contribution in [2.45, 2.75) is 25.8 Å². The van der Waals surface area contributed by atoms with Gasteiger partial charge in [-0.05, 0) is 56.1 Å². The molecule has 142 valence electrons. The zero-order chi connectivity index (χ0) is 18.6. The van der Waals surface area contributed by atoms with E-state index in [0.717, 1.165) is 49.0 Å². The second-order valence-electron chi connectivity index (χ2n) is 7.21. The van der Waals surface area contributed by atoms with Gasteiger partial charge in [0.25, 0.3) is 0 Å². The van der Waals surface area contributed by atoms with E-state index < -0.39 is 0 Å². The van der Waals surface area contributed by atoms with Crippen LogP contribution in [0.3, 0.4) is 0 Å². The van der Waals surface area contributed by atoms with Crippen LogP contribution in [0.4, 0.5) is 0 Å². The molecule has 1 atom stereocenters. The molecule has 27 heavy (non-hydrogen) atoms. The van der Waals surface area contributed by atoms with Crippen LogP contribution < -0.4 is 10.1 Å². The summed E-state index contributed by atoms with van der Waals surface area (Å²) in [5.41, 5.74) is 2.63. The third-order valence-corrected chi connectivity index (χ3v) is 5.35. The number of hydrogen-bond acceptors (Lipinski definition) is 5. The fraction of sp³-hybridized carbons (Fsp3) is 0.429. The monoisotopic (exact) mass is 367 g/mol. The van der Waals surface area contributed by atoms with Crippen molar-refractivity contribution >= 4 is 5.91 Å². The first kappa shape index (κ1) is 17.8. The minimum atomic E-state index is 0.0663. The van der Waals surface area contributed by atoms with Crippen LogP contribution in [0.25, 0.3) is 11.1 Å². The number of fused-ring (bicyclic) bond motifs is 1. The predicted molar refractivity (Wildman–Crippen MR) is 102 cm³/mol. The van der Waals surface area contributed by atoms with Gasteiger partial charge >= 0.3 is 0 Å². The lowest BCUT2D eigenvalue weighted by molar-refractivity contribution is -0.136. The number of hydrogen-bond donors (Lipinski definition) is 2. The fourth-order valence-corrected chi connectivity index (χ4v) is 3.91. The number of nitrogens with one attached hydrogen (secondary N) is 1. The molecule has 1 aromatic carbocycles. The average Bonchev–Trinajstić information content (AvgIpc) is 3.09. The molecule has 0 bridgehead atoms. The maximum absolute atomic E-state index is 13.1. The summed E-state index contributed by atoms with van der Waals surface area (Å²) in [6.45, 7) is 3.27. The molecule has 0 spiro atoms. The standard InChI is InChI=1S/C21H25N3O3/c25-19-12-17(16-4-2-7-23-13-16)11-18-14-24(9-10-27-20(18)19)21(26)15-3-1-6-22-8-5-15/h2,4,7,11-13,15,22,25H,1,3,5-6,8-10,14H2/t15-/m0/s1. The molecule has 1 amide bonds. The van der Waals surface area contributed by atoms with Gasteiger partial charge in [0.15, 0.2) is 11.5 Å². The number of rotatable bonds is 2. The Morgan fingerprint density at radius 2 is 2.19 bits per heavy atom. The Bertz CT molecular complexity index is 802. The van der Waals surface area contributed by atoms with E-state index in [4.69, 9.17) is 4.74 Å². The summed E-state index contributed by atoms with van der Waals surface area (Å²) in [5, 5.41) is 13.8. The van der Waals surface area contributed by atoms with E-state index >= 15 is 0 Å². The number of amides is 1. The number of ether oxygens (including phenoxy) is 1. The van der Waals surface area contributed by atoms with Crippen LogP contribution in [-0.2, 0) is 11.3 Å². The molecule has 1 saturated heterocycles. The smallest absolute Gasteiger partial charge is 0.226 e. The number of nitrogens with zero attached hydrogens (tertiary/aromatic N) is 2. The highest BCUT2D eigenvalue weighted by molar-refractivity contribution is 5.79. The average molecular weight is 367 g/mol. The fourth-order valence-electron chi connectivity index (χ4n) is 3.91. The Balaban J connectivity index is 1.60. The largest absolute Gasteiger partial charge is 0.504 e. The van der Waals surface area contributed by atoms with Crippen LogP contribution in [0.2, 0.25) is 0 Å². The van der Waals surface area contributed by atoms with E-state index in [1.54, 1.807) is 18.5 Å². The van der Waals surface area contributed by atoms with Gasteiger partial charge in [-0.1, -0.05) is 6.07 Å². The summed E-state index contributed by atoms with van der Waals surface area (Å²) in [6, 6.07) is 7.51. The molecule has 0 unspecified atom stereocenters. The molecule has 2 aliphatic heterocycles. The van der Waals surface area contributed by atoms with Crippen LogP contribution in [0, 0.1) is 5.92 Å². The SMILES string of the molecule is O=C([C@H]1CCCNCC1)N1CCOc2c(O)cc(-c3cccnc3)cc2C1. The number of aromatic nitrogens is 1.